The van der Waals surface area contributed by atoms with E-state index < -0.39 is 0 Å². The number of para-hydroxylation sites is 1. The number of aryl methyl sites for hydroxylation is 1. The first-order chi connectivity index (χ1) is 12.0. The fraction of sp³-hybridized carbons (Fsp3) is 0.300. The number of hydrogen-bond donors (Lipinski definition) is 2. The molecule has 132 valence electrons. The van der Waals surface area contributed by atoms with Crippen molar-refractivity contribution in [2.45, 2.75) is 33.1 Å². The van der Waals surface area contributed by atoms with Gasteiger partial charge in [-0.1, -0.05) is 44.2 Å². The average Bonchev–Trinajstić information content (AvgIpc) is 2.60. The molecule has 0 spiro atoms. The van der Waals surface area contributed by atoms with E-state index in [0.717, 1.165) is 17.7 Å². The summed E-state index contributed by atoms with van der Waals surface area (Å²) in [7, 11) is 0. The zero-order chi connectivity index (χ0) is 18.2. The summed E-state index contributed by atoms with van der Waals surface area (Å²) < 4.78 is 5.48. The predicted molar refractivity (Wildman–Crippen MR) is 106 cm³/mol. The molecular weight excluding hydrogens is 332 g/mol. The van der Waals surface area contributed by atoms with E-state index in [9.17, 15) is 4.79 Å². The highest BCUT2D eigenvalue weighted by molar-refractivity contribution is 7.80. The summed E-state index contributed by atoms with van der Waals surface area (Å²) in [5, 5.41) is 6.03. The van der Waals surface area contributed by atoms with Gasteiger partial charge in [0.15, 0.2) is 11.7 Å². The molecular formula is C20H24N2O2S. The Kier molecular flexibility index (Phi) is 6.95. The van der Waals surface area contributed by atoms with Crippen LogP contribution in [0.2, 0.25) is 0 Å². The first kappa shape index (κ1) is 18.9. The molecule has 0 aliphatic carbocycles. The van der Waals surface area contributed by atoms with Crippen molar-refractivity contribution in [3.63, 3.8) is 0 Å². The van der Waals surface area contributed by atoms with Gasteiger partial charge in [-0.2, -0.15) is 0 Å². The molecule has 0 fully saturated rings. The Morgan fingerprint density at radius 3 is 2.68 bits per heavy atom. The van der Waals surface area contributed by atoms with Crippen LogP contribution in [0.3, 0.4) is 0 Å². The van der Waals surface area contributed by atoms with Gasteiger partial charge in [0.2, 0.25) is 0 Å². The van der Waals surface area contributed by atoms with Crippen LogP contribution in [0.15, 0.2) is 48.5 Å². The van der Waals surface area contributed by atoms with Gasteiger partial charge in [-0.05, 0) is 60.8 Å². The van der Waals surface area contributed by atoms with Crippen molar-refractivity contribution in [1.82, 2.24) is 5.32 Å². The maximum absolute atomic E-state index is 12.0. The van der Waals surface area contributed by atoms with Crippen molar-refractivity contribution in [2.24, 2.45) is 0 Å². The minimum absolute atomic E-state index is 0.0850. The van der Waals surface area contributed by atoms with Crippen LogP contribution in [0, 0.1) is 6.92 Å². The van der Waals surface area contributed by atoms with Gasteiger partial charge in [-0.15, -0.1) is 0 Å². The Bertz CT molecular complexity index is 746. The van der Waals surface area contributed by atoms with Gasteiger partial charge in [0.1, 0.15) is 5.75 Å². The molecule has 1 unspecified atom stereocenters. The van der Waals surface area contributed by atoms with Crippen LogP contribution in [0.5, 0.6) is 5.75 Å². The third-order valence-corrected chi connectivity index (χ3v) is 4.17. The smallest absolute Gasteiger partial charge is 0.264 e. The van der Waals surface area contributed by atoms with Gasteiger partial charge >= 0.3 is 0 Å². The molecule has 1 atom stereocenters. The standard InChI is InChI=1S/C20H24N2O2S/c1-4-15(3)17-10-5-6-11-18(17)21-20(25)22-19(23)13-24-16-9-7-8-14(2)12-16/h5-12,15H,4,13H2,1-3H3,(H2,21,22,23,25). The second kappa shape index (κ2) is 9.18. The highest BCUT2D eigenvalue weighted by Crippen LogP contribution is 2.26. The molecule has 2 N–H and O–H groups in total. The second-order valence-electron chi connectivity index (χ2n) is 6.00. The Balaban J connectivity index is 1.89. The molecule has 0 aromatic heterocycles. The number of benzene rings is 2. The van der Waals surface area contributed by atoms with Gasteiger partial charge in [-0.25, -0.2) is 0 Å². The molecule has 2 aromatic rings. The number of rotatable bonds is 6. The van der Waals surface area contributed by atoms with Crippen LogP contribution in [-0.4, -0.2) is 17.6 Å². The van der Waals surface area contributed by atoms with E-state index >= 15 is 0 Å². The Morgan fingerprint density at radius 2 is 1.96 bits per heavy atom. The first-order valence-corrected chi connectivity index (χ1v) is 8.79. The minimum Gasteiger partial charge on any atom is -0.484 e. The van der Waals surface area contributed by atoms with Crippen molar-refractivity contribution < 1.29 is 9.53 Å². The molecule has 4 nitrogen and oxygen atoms in total. The lowest BCUT2D eigenvalue weighted by molar-refractivity contribution is -0.121. The quantitative estimate of drug-likeness (QED) is 0.753. The van der Waals surface area contributed by atoms with Crippen LogP contribution < -0.4 is 15.4 Å². The molecule has 2 aromatic carbocycles. The minimum atomic E-state index is -0.292. The van der Waals surface area contributed by atoms with Crippen molar-refractivity contribution >= 4 is 28.9 Å². The third kappa shape index (κ3) is 5.87. The molecule has 5 heteroatoms. The number of carbonyl (C=O) groups is 1. The molecule has 0 bridgehead atoms. The maximum Gasteiger partial charge on any atom is 0.264 e. The van der Waals surface area contributed by atoms with Crippen molar-refractivity contribution in [1.29, 1.82) is 0 Å². The number of anilines is 1. The van der Waals surface area contributed by atoms with Crippen LogP contribution in [0.1, 0.15) is 37.3 Å². The van der Waals surface area contributed by atoms with Crippen molar-refractivity contribution in [2.75, 3.05) is 11.9 Å². The van der Waals surface area contributed by atoms with E-state index in [1.165, 1.54) is 5.56 Å². The lowest BCUT2D eigenvalue weighted by Crippen LogP contribution is -2.37. The highest BCUT2D eigenvalue weighted by Gasteiger charge is 2.11. The van der Waals surface area contributed by atoms with E-state index in [4.69, 9.17) is 17.0 Å². The predicted octanol–water partition coefficient (Wildman–Crippen LogP) is 4.40. The van der Waals surface area contributed by atoms with Crippen LogP contribution in [0.25, 0.3) is 0 Å². The van der Waals surface area contributed by atoms with E-state index in [2.05, 4.69) is 30.5 Å². The molecule has 0 aliphatic heterocycles. The summed E-state index contributed by atoms with van der Waals surface area (Å²) in [6.07, 6.45) is 1.03. The summed E-state index contributed by atoms with van der Waals surface area (Å²) in [4.78, 5) is 12.0. The number of thiocarbonyl (C=S) groups is 1. The zero-order valence-corrected chi connectivity index (χ0v) is 15.7. The third-order valence-electron chi connectivity index (χ3n) is 3.96. The lowest BCUT2D eigenvalue weighted by Gasteiger charge is -2.17. The second-order valence-corrected chi connectivity index (χ2v) is 6.41. The molecule has 1 amide bonds. The fourth-order valence-electron chi connectivity index (χ4n) is 2.43. The molecule has 0 saturated carbocycles. The normalized spacial score (nSPS) is 11.5. The van der Waals surface area contributed by atoms with Crippen molar-refractivity contribution in [3.05, 3.63) is 59.7 Å². The number of carbonyl (C=O) groups excluding carboxylic acids is 1. The molecule has 25 heavy (non-hydrogen) atoms. The topological polar surface area (TPSA) is 50.4 Å². The maximum atomic E-state index is 12.0. The summed E-state index contributed by atoms with van der Waals surface area (Å²) in [6, 6.07) is 15.5. The van der Waals surface area contributed by atoms with Crippen LogP contribution >= 0.6 is 12.2 Å². The van der Waals surface area contributed by atoms with E-state index in [-0.39, 0.29) is 17.6 Å². The van der Waals surface area contributed by atoms with Crippen LogP contribution in [-0.2, 0) is 4.79 Å². The lowest BCUT2D eigenvalue weighted by atomic mass is 9.97. The SMILES string of the molecule is CCC(C)c1ccccc1NC(=S)NC(=O)COc1cccc(C)c1. The largest absolute Gasteiger partial charge is 0.484 e. The zero-order valence-electron chi connectivity index (χ0n) is 14.8. The van der Waals surface area contributed by atoms with Gasteiger partial charge in [0.05, 0.1) is 0 Å². The Morgan fingerprint density at radius 1 is 1.20 bits per heavy atom. The average molecular weight is 356 g/mol. The molecule has 0 heterocycles. The fourth-order valence-corrected chi connectivity index (χ4v) is 2.65. The molecule has 2 rings (SSSR count). The van der Waals surface area contributed by atoms with E-state index in [0.29, 0.717) is 11.7 Å². The number of amides is 1. The molecule has 0 aliphatic rings. The van der Waals surface area contributed by atoms with Crippen molar-refractivity contribution in [3.8, 4) is 5.75 Å². The number of nitrogens with one attached hydrogen (secondary N) is 2. The Labute approximate surface area is 154 Å². The number of hydrogen-bond acceptors (Lipinski definition) is 3. The first-order valence-electron chi connectivity index (χ1n) is 8.38. The highest BCUT2D eigenvalue weighted by atomic mass is 32.1. The number of ether oxygens (including phenoxy) is 1. The summed E-state index contributed by atoms with van der Waals surface area (Å²) in [6.45, 7) is 6.20. The van der Waals surface area contributed by atoms with Gasteiger partial charge < -0.3 is 10.1 Å². The van der Waals surface area contributed by atoms with E-state index in [1.54, 1.807) is 0 Å². The summed E-state index contributed by atoms with van der Waals surface area (Å²) in [5.74, 6) is 0.781. The Hall–Kier alpha value is -2.40. The summed E-state index contributed by atoms with van der Waals surface area (Å²) in [5.41, 5.74) is 3.18. The van der Waals surface area contributed by atoms with Gasteiger partial charge in [-0.3, -0.25) is 10.1 Å². The molecule has 0 radical (unpaired) electrons. The van der Waals surface area contributed by atoms with E-state index in [1.807, 2.05) is 49.4 Å². The van der Waals surface area contributed by atoms with Gasteiger partial charge in [0, 0.05) is 5.69 Å². The monoisotopic (exact) mass is 356 g/mol. The molecule has 0 saturated heterocycles. The van der Waals surface area contributed by atoms with Crippen LogP contribution in [0.4, 0.5) is 5.69 Å². The van der Waals surface area contributed by atoms with Gasteiger partial charge in [0.25, 0.3) is 5.91 Å². The summed E-state index contributed by atoms with van der Waals surface area (Å²) >= 11 is 5.25.